The molecule has 1 aliphatic heterocycles. The van der Waals surface area contributed by atoms with Crippen LogP contribution in [0.2, 0.25) is 0 Å². The summed E-state index contributed by atoms with van der Waals surface area (Å²) in [6.07, 6.45) is 0.246. The van der Waals surface area contributed by atoms with Gasteiger partial charge in [-0.25, -0.2) is 17.2 Å². The third-order valence-electron chi connectivity index (χ3n) is 5.92. The van der Waals surface area contributed by atoms with Gasteiger partial charge in [0.15, 0.2) is 9.84 Å². The van der Waals surface area contributed by atoms with Crippen molar-refractivity contribution < 1.29 is 27.0 Å². The SMILES string of the molecule is CC(C1CCN(C(O)OC(C)(C)C)CC1)S(=O)(=O)c1ccc(-c2ccc(F)cc2F)cc1. The van der Waals surface area contributed by atoms with Gasteiger partial charge < -0.3 is 9.84 Å². The maximum absolute atomic E-state index is 14.0. The van der Waals surface area contributed by atoms with Crippen molar-refractivity contribution >= 4 is 9.84 Å². The second kappa shape index (κ2) is 9.55. The Morgan fingerprint density at radius 2 is 1.66 bits per heavy atom. The molecule has 1 fully saturated rings. The van der Waals surface area contributed by atoms with E-state index in [-0.39, 0.29) is 16.4 Å². The molecule has 32 heavy (non-hydrogen) atoms. The zero-order chi connectivity index (χ0) is 23.7. The van der Waals surface area contributed by atoms with Gasteiger partial charge in [-0.3, -0.25) is 4.90 Å². The first-order valence-corrected chi connectivity index (χ1v) is 12.3. The second-order valence-electron chi connectivity index (χ2n) is 9.33. The summed E-state index contributed by atoms with van der Waals surface area (Å²) in [6, 6.07) is 9.33. The summed E-state index contributed by atoms with van der Waals surface area (Å²) < 4.78 is 59.1. The van der Waals surface area contributed by atoms with Crippen LogP contribution in [0.3, 0.4) is 0 Å². The van der Waals surface area contributed by atoms with Crippen molar-refractivity contribution in [1.29, 1.82) is 0 Å². The monoisotopic (exact) mass is 467 g/mol. The smallest absolute Gasteiger partial charge is 0.216 e. The molecule has 5 nitrogen and oxygen atoms in total. The first kappa shape index (κ1) is 24.8. The van der Waals surface area contributed by atoms with Crippen molar-refractivity contribution in [3.8, 4) is 11.1 Å². The Hall–Kier alpha value is -1.87. The van der Waals surface area contributed by atoms with Crippen LogP contribution >= 0.6 is 0 Å². The minimum absolute atomic E-state index is 0.0488. The Bertz CT molecular complexity index is 1030. The lowest BCUT2D eigenvalue weighted by Gasteiger charge is -2.38. The average Bonchev–Trinajstić information content (AvgIpc) is 2.72. The number of hydrogen-bond donors (Lipinski definition) is 1. The predicted molar refractivity (Wildman–Crippen MR) is 120 cm³/mol. The molecule has 0 bridgehead atoms. The number of aliphatic hydroxyl groups is 1. The number of likely N-dealkylation sites (tertiary alicyclic amines) is 1. The van der Waals surface area contributed by atoms with E-state index in [9.17, 15) is 22.3 Å². The molecule has 3 rings (SSSR count). The van der Waals surface area contributed by atoms with Gasteiger partial charge in [-0.2, -0.15) is 0 Å². The van der Waals surface area contributed by atoms with Gasteiger partial charge in [0.05, 0.1) is 15.7 Å². The quantitative estimate of drug-likeness (QED) is 0.629. The molecule has 2 aromatic rings. The molecule has 2 atom stereocenters. The van der Waals surface area contributed by atoms with Crippen molar-refractivity contribution in [3.05, 3.63) is 54.1 Å². The van der Waals surface area contributed by atoms with Crippen molar-refractivity contribution in [3.63, 3.8) is 0 Å². The Labute approximate surface area is 188 Å². The van der Waals surface area contributed by atoms with Crippen molar-refractivity contribution in [2.75, 3.05) is 13.1 Å². The summed E-state index contributed by atoms with van der Waals surface area (Å²) in [5.41, 5.74) is 0.220. The normalized spacial score (nSPS) is 18.5. The number of halogens is 2. The van der Waals surface area contributed by atoms with Crippen molar-refractivity contribution in [1.82, 2.24) is 4.90 Å². The molecule has 0 aromatic heterocycles. The lowest BCUT2D eigenvalue weighted by molar-refractivity contribution is -0.243. The summed E-state index contributed by atoms with van der Waals surface area (Å²) in [5.74, 6) is -1.41. The zero-order valence-electron chi connectivity index (χ0n) is 18.9. The molecule has 1 aliphatic rings. The van der Waals surface area contributed by atoms with E-state index >= 15 is 0 Å². The Morgan fingerprint density at radius 1 is 1.06 bits per heavy atom. The highest BCUT2D eigenvalue weighted by atomic mass is 32.2. The van der Waals surface area contributed by atoms with E-state index in [1.807, 2.05) is 25.7 Å². The summed E-state index contributed by atoms with van der Waals surface area (Å²) >= 11 is 0. The van der Waals surface area contributed by atoms with Gasteiger partial charge >= 0.3 is 0 Å². The topological polar surface area (TPSA) is 66.8 Å². The number of piperidine rings is 1. The maximum atomic E-state index is 14.0. The van der Waals surface area contributed by atoms with Gasteiger partial charge in [-0.05, 0) is 76.3 Å². The molecule has 2 unspecified atom stereocenters. The molecule has 1 N–H and O–H groups in total. The summed E-state index contributed by atoms with van der Waals surface area (Å²) in [4.78, 5) is 1.99. The van der Waals surface area contributed by atoms with E-state index in [1.165, 1.54) is 24.3 Å². The first-order valence-electron chi connectivity index (χ1n) is 10.8. The number of aliphatic hydroxyl groups excluding tert-OH is 1. The fraction of sp³-hybridized carbons (Fsp3) is 0.500. The highest BCUT2D eigenvalue weighted by Crippen LogP contribution is 2.31. The van der Waals surface area contributed by atoms with Crippen molar-refractivity contribution in [2.24, 2.45) is 5.92 Å². The van der Waals surface area contributed by atoms with Crippen LogP contribution < -0.4 is 0 Å². The van der Waals surface area contributed by atoms with Gasteiger partial charge in [0, 0.05) is 24.7 Å². The molecule has 2 aromatic carbocycles. The number of hydrogen-bond acceptors (Lipinski definition) is 5. The Morgan fingerprint density at radius 3 is 2.19 bits per heavy atom. The number of ether oxygens (including phenoxy) is 1. The third-order valence-corrected chi connectivity index (χ3v) is 8.22. The molecule has 8 heteroatoms. The molecule has 0 spiro atoms. The van der Waals surface area contributed by atoms with E-state index in [0.29, 0.717) is 31.5 Å². The number of benzene rings is 2. The Balaban J connectivity index is 1.67. The van der Waals surface area contributed by atoms with E-state index in [0.717, 1.165) is 6.07 Å². The fourth-order valence-electron chi connectivity index (χ4n) is 4.02. The lowest BCUT2D eigenvalue weighted by Crippen LogP contribution is -2.47. The second-order valence-corrected chi connectivity index (χ2v) is 11.6. The predicted octanol–water partition coefficient (Wildman–Crippen LogP) is 4.60. The molecule has 0 saturated carbocycles. The highest BCUT2D eigenvalue weighted by molar-refractivity contribution is 7.92. The summed E-state index contributed by atoms with van der Waals surface area (Å²) in [6.45, 7) is 8.41. The van der Waals surface area contributed by atoms with Crippen LogP contribution in [0.1, 0.15) is 40.5 Å². The molecule has 0 aliphatic carbocycles. The van der Waals surface area contributed by atoms with E-state index < -0.39 is 38.7 Å². The number of rotatable bonds is 6. The van der Waals surface area contributed by atoms with Crippen LogP contribution in [-0.2, 0) is 14.6 Å². The summed E-state index contributed by atoms with van der Waals surface area (Å²) in [7, 11) is -3.59. The molecular weight excluding hydrogens is 436 g/mol. The van der Waals surface area contributed by atoms with Gasteiger partial charge in [-0.15, -0.1) is 0 Å². The average molecular weight is 468 g/mol. The number of sulfone groups is 1. The molecule has 0 radical (unpaired) electrons. The van der Waals surface area contributed by atoms with E-state index in [1.54, 1.807) is 19.1 Å². The molecular formula is C24H31F2NO4S. The molecule has 0 amide bonds. The van der Waals surface area contributed by atoms with Crippen LogP contribution in [-0.4, -0.2) is 48.8 Å². The van der Waals surface area contributed by atoms with Gasteiger partial charge in [0.25, 0.3) is 0 Å². The zero-order valence-corrected chi connectivity index (χ0v) is 19.7. The summed E-state index contributed by atoms with van der Waals surface area (Å²) in [5, 5.41) is 9.67. The van der Waals surface area contributed by atoms with Crippen LogP contribution in [0.4, 0.5) is 8.78 Å². The number of nitrogens with zero attached hydrogens (tertiary/aromatic N) is 1. The van der Waals surface area contributed by atoms with Crippen LogP contribution in [0, 0.1) is 17.6 Å². The van der Waals surface area contributed by atoms with E-state index in [2.05, 4.69) is 0 Å². The Kier molecular flexibility index (Phi) is 7.39. The molecule has 1 heterocycles. The van der Waals surface area contributed by atoms with Crippen LogP contribution in [0.15, 0.2) is 47.4 Å². The van der Waals surface area contributed by atoms with Gasteiger partial charge in [-0.1, -0.05) is 12.1 Å². The fourth-order valence-corrected chi connectivity index (χ4v) is 5.74. The standard InChI is InChI=1S/C24H31F2NO4S/c1-16(17-11-13-27(14-12-17)23(28)31-24(2,3)4)32(29,30)20-8-5-18(6-9-20)21-10-7-19(25)15-22(21)26/h5-10,15-17,23,28H,11-14H2,1-4H3. The van der Waals surface area contributed by atoms with E-state index in [4.69, 9.17) is 4.74 Å². The molecule has 1 saturated heterocycles. The lowest BCUT2D eigenvalue weighted by atomic mass is 9.94. The van der Waals surface area contributed by atoms with Gasteiger partial charge in [0.1, 0.15) is 11.6 Å². The molecule has 176 valence electrons. The third kappa shape index (κ3) is 5.73. The largest absolute Gasteiger partial charge is 0.356 e. The highest BCUT2D eigenvalue weighted by Gasteiger charge is 2.35. The first-order chi connectivity index (χ1) is 14.9. The van der Waals surface area contributed by atoms with Crippen LogP contribution in [0.5, 0.6) is 0 Å². The minimum atomic E-state index is -3.59. The van der Waals surface area contributed by atoms with Crippen LogP contribution in [0.25, 0.3) is 11.1 Å². The minimum Gasteiger partial charge on any atom is -0.356 e. The maximum Gasteiger partial charge on any atom is 0.216 e. The van der Waals surface area contributed by atoms with Gasteiger partial charge in [0.2, 0.25) is 6.41 Å². The van der Waals surface area contributed by atoms with Crippen molar-refractivity contribution in [2.45, 2.75) is 62.7 Å².